The van der Waals surface area contributed by atoms with E-state index in [9.17, 15) is 14.9 Å². The Morgan fingerprint density at radius 3 is 2.72 bits per heavy atom. The SMILES string of the molecule is CCCOc1ccc(C(C)NC(=O)c2c[nH]c3ccc([N+](=O)[O-])cc23)cc1OC. The van der Waals surface area contributed by atoms with Crippen LogP contribution in [0, 0.1) is 10.1 Å². The van der Waals surface area contributed by atoms with Gasteiger partial charge in [0.2, 0.25) is 0 Å². The number of H-pyrrole nitrogens is 1. The van der Waals surface area contributed by atoms with Gasteiger partial charge < -0.3 is 19.8 Å². The van der Waals surface area contributed by atoms with Gasteiger partial charge in [0, 0.05) is 29.2 Å². The van der Waals surface area contributed by atoms with Gasteiger partial charge in [0.05, 0.1) is 30.2 Å². The van der Waals surface area contributed by atoms with Gasteiger partial charge >= 0.3 is 0 Å². The molecule has 0 aliphatic carbocycles. The molecule has 2 N–H and O–H groups in total. The van der Waals surface area contributed by atoms with Gasteiger partial charge in [-0.1, -0.05) is 13.0 Å². The highest BCUT2D eigenvalue weighted by Crippen LogP contribution is 2.31. The maximum atomic E-state index is 12.8. The van der Waals surface area contributed by atoms with Crippen molar-refractivity contribution in [1.29, 1.82) is 0 Å². The molecule has 0 bridgehead atoms. The second kappa shape index (κ2) is 8.64. The number of nitro benzene ring substituents is 1. The van der Waals surface area contributed by atoms with Crippen LogP contribution in [0.4, 0.5) is 5.69 Å². The number of amides is 1. The summed E-state index contributed by atoms with van der Waals surface area (Å²) in [6.07, 6.45) is 2.44. The van der Waals surface area contributed by atoms with E-state index in [1.54, 1.807) is 19.4 Å². The van der Waals surface area contributed by atoms with Crippen LogP contribution < -0.4 is 14.8 Å². The van der Waals surface area contributed by atoms with Gasteiger partial charge in [-0.05, 0) is 37.1 Å². The maximum Gasteiger partial charge on any atom is 0.270 e. The monoisotopic (exact) mass is 397 g/mol. The van der Waals surface area contributed by atoms with Crippen molar-refractivity contribution in [2.45, 2.75) is 26.3 Å². The van der Waals surface area contributed by atoms with Crippen LogP contribution in [0.25, 0.3) is 10.9 Å². The van der Waals surface area contributed by atoms with Crippen LogP contribution in [0.15, 0.2) is 42.6 Å². The van der Waals surface area contributed by atoms with Crippen LogP contribution >= 0.6 is 0 Å². The van der Waals surface area contributed by atoms with E-state index in [4.69, 9.17) is 9.47 Å². The molecule has 0 saturated carbocycles. The molecule has 0 spiro atoms. The highest BCUT2D eigenvalue weighted by Gasteiger charge is 2.18. The highest BCUT2D eigenvalue weighted by atomic mass is 16.6. The Kier molecular flexibility index (Phi) is 6.01. The summed E-state index contributed by atoms with van der Waals surface area (Å²) >= 11 is 0. The Labute approximate surface area is 168 Å². The minimum atomic E-state index is -0.481. The number of aromatic nitrogens is 1. The van der Waals surface area contributed by atoms with E-state index in [0.717, 1.165) is 12.0 Å². The Bertz CT molecular complexity index is 1040. The van der Waals surface area contributed by atoms with Gasteiger partial charge in [-0.15, -0.1) is 0 Å². The third-order valence-corrected chi connectivity index (χ3v) is 4.62. The first-order valence-electron chi connectivity index (χ1n) is 9.31. The predicted octanol–water partition coefficient (Wildman–Crippen LogP) is 4.36. The van der Waals surface area contributed by atoms with Crippen molar-refractivity contribution in [3.63, 3.8) is 0 Å². The lowest BCUT2D eigenvalue weighted by molar-refractivity contribution is -0.384. The van der Waals surface area contributed by atoms with E-state index in [1.807, 2.05) is 32.0 Å². The molecule has 3 aromatic rings. The molecular weight excluding hydrogens is 374 g/mol. The van der Waals surface area contributed by atoms with Crippen LogP contribution in [-0.4, -0.2) is 29.5 Å². The fourth-order valence-electron chi connectivity index (χ4n) is 3.05. The Morgan fingerprint density at radius 1 is 1.24 bits per heavy atom. The molecule has 2 aromatic carbocycles. The molecule has 0 aliphatic heterocycles. The van der Waals surface area contributed by atoms with Gasteiger partial charge in [0.1, 0.15) is 0 Å². The third-order valence-electron chi connectivity index (χ3n) is 4.62. The summed E-state index contributed by atoms with van der Waals surface area (Å²) in [5, 5.41) is 14.5. The summed E-state index contributed by atoms with van der Waals surface area (Å²) < 4.78 is 11.1. The molecule has 0 saturated heterocycles. The first-order valence-corrected chi connectivity index (χ1v) is 9.31. The summed E-state index contributed by atoms with van der Waals surface area (Å²) in [5.74, 6) is 0.926. The second-order valence-electron chi connectivity index (χ2n) is 6.64. The number of nitro groups is 1. The van der Waals surface area contributed by atoms with Crippen LogP contribution in [-0.2, 0) is 0 Å². The summed E-state index contributed by atoms with van der Waals surface area (Å²) in [6, 6.07) is 9.61. The van der Waals surface area contributed by atoms with Crippen LogP contribution in [0.2, 0.25) is 0 Å². The Morgan fingerprint density at radius 2 is 2.03 bits per heavy atom. The molecule has 1 aromatic heterocycles. The number of aromatic amines is 1. The molecular formula is C21H23N3O5. The van der Waals surface area contributed by atoms with E-state index in [1.165, 1.54) is 12.1 Å². The normalized spacial score (nSPS) is 11.8. The molecule has 0 aliphatic rings. The van der Waals surface area contributed by atoms with Crippen LogP contribution in [0.3, 0.4) is 0 Å². The molecule has 1 amide bonds. The standard InChI is InChI=1S/C21H23N3O5/c1-4-9-29-19-8-5-14(10-20(19)28-3)13(2)23-21(25)17-12-22-18-7-6-15(24(26)27)11-16(17)18/h5-8,10-13,22H,4,9H2,1-3H3,(H,23,25). The third kappa shape index (κ3) is 4.31. The van der Waals surface area contributed by atoms with Crippen molar-refractivity contribution in [3.8, 4) is 11.5 Å². The number of ether oxygens (including phenoxy) is 2. The summed E-state index contributed by atoms with van der Waals surface area (Å²) in [6.45, 7) is 4.48. The van der Waals surface area contributed by atoms with Gasteiger partial charge in [0.15, 0.2) is 11.5 Å². The minimum absolute atomic E-state index is 0.0633. The van der Waals surface area contributed by atoms with E-state index in [-0.39, 0.29) is 17.6 Å². The molecule has 0 fully saturated rings. The first kappa shape index (κ1) is 20.2. The minimum Gasteiger partial charge on any atom is -0.493 e. The zero-order chi connectivity index (χ0) is 21.0. The molecule has 1 unspecified atom stereocenters. The number of carbonyl (C=O) groups excluding carboxylic acids is 1. The number of carbonyl (C=O) groups is 1. The first-order chi connectivity index (χ1) is 13.9. The lowest BCUT2D eigenvalue weighted by Gasteiger charge is -2.17. The largest absolute Gasteiger partial charge is 0.493 e. The lowest BCUT2D eigenvalue weighted by atomic mass is 10.1. The van der Waals surface area contributed by atoms with Gasteiger partial charge in [-0.3, -0.25) is 14.9 Å². The molecule has 152 valence electrons. The molecule has 8 nitrogen and oxygen atoms in total. The van der Waals surface area contributed by atoms with Crippen LogP contribution in [0.1, 0.15) is 42.2 Å². The van der Waals surface area contributed by atoms with Crippen LogP contribution in [0.5, 0.6) is 11.5 Å². The zero-order valence-corrected chi connectivity index (χ0v) is 16.5. The van der Waals surface area contributed by atoms with E-state index < -0.39 is 4.92 Å². The summed E-state index contributed by atoms with van der Waals surface area (Å²) in [5.41, 5.74) is 1.80. The second-order valence-corrected chi connectivity index (χ2v) is 6.64. The van der Waals surface area contributed by atoms with E-state index in [0.29, 0.717) is 34.6 Å². The molecule has 1 atom stereocenters. The smallest absolute Gasteiger partial charge is 0.270 e. The number of fused-ring (bicyclic) bond motifs is 1. The average Bonchev–Trinajstić information content (AvgIpc) is 3.15. The summed E-state index contributed by atoms with van der Waals surface area (Å²) in [7, 11) is 1.57. The van der Waals surface area contributed by atoms with Gasteiger partial charge in [-0.2, -0.15) is 0 Å². The van der Waals surface area contributed by atoms with Crippen molar-refractivity contribution < 1.29 is 19.2 Å². The highest BCUT2D eigenvalue weighted by molar-refractivity contribution is 6.07. The number of benzene rings is 2. The number of nitrogens with one attached hydrogen (secondary N) is 2. The number of rotatable bonds is 8. The topological polar surface area (TPSA) is 106 Å². The van der Waals surface area contributed by atoms with Crippen molar-refractivity contribution in [2.75, 3.05) is 13.7 Å². The fourth-order valence-corrected chi connectivity index (χ4v) is 3.05. The van der Waals surface area contributed by atoms with Crippen molar-refractivity contribution in [2.24, 2.45) is 0 Å². The van der Waals surface area contributed by atoms with Crippen molar-refractivity contribution in [1.82, 2.24) is 10.3 Å². The Hall–Kier alpha value is -3.55. The van der Waals surface area contributed by atoms with E-state index in [2.05, 4.69) is 10.3 Å². The number of hydrogen-bond acceptors (Lipinski definition) is 5. The number of non-ortho nitro benzene ring substituents is 1. The van der Waals surface area contributed by atoms with Crippen molar-refractivity contribution >= 4 is 22.5 Å². The number of hydrogen-bond donors (Lipinski definition) is 2. The van der Waals surface area contributed by atoms with Gasteiger partial charge in [0.25, 0.3) is 11.6 Å². The zero-order valence-electron chi connectivity index (χ0n) is 16.5. The number of methoxy groups -OCH3 is 1. The quantitative estimate of drug-likeness (QED) is 0.434. The van der Waals surface area contributed by atoms with Crippen molar-refractivity contribution in [3.05, 3.63) is 63.8 Å². The van der Waals surface area contributed by atoms with E-state index >= 15 is 0 Å². The fraction of sp³-hybridized carbons (Fsp3) is 0.286. The molecule has 0 radical (unpaired) electrons. The molecule has 8 heteroatoms. The van der Waals surface area contributed by atoms with Gasteiger partial charge in [-0.25, -0.2) is 0 Å². The molecule has 3 rings (SSSR count). The lowest BCUT2D eigenvalue weighted by Crippen LogP contribution is -2.26. The average molecular weight is 397 g/mol. The summed E-state index contributed by atoms with van der Waals surface area (Å²) in [4.78, 5) is 26.3. The number of nitrogens with zero attached hydrogens (tertiary/aromatic N) is 1. The maximum absolute atomic E-state index is 12.8. The Balaban J connectivity index is 1.81. The molecule has 1 heterocycles. The molecule has 29 heavy (non-hydrogen) atoms. The predicted molar refractivity (Wildman–Crippen MR) is 110 cm³/mol.